The number of aromatic nitrogens is 1. The Bertz CT molecular complexity index is 470. The van der Waals surface area contributed by atoms with Crippen molar-refractivity contribution < 1.29 is 4.74 Å². The summed E-state index contributed by atoms with van der Waals surface area (Å²) in [5.41, 5.74) is 2.49. The summed E-state index contributed by atoms with van der Waals surface area (Å²) >= 11 is 0. The van der Waals surface area contributed by atoms with Crippen LogP contribution in [0.1, 0.15) is 64.1 Å². The second-order valence-electron chi connectivity index (χ2n) is 7.27. The van der Waals surface area contributed by atoms with Crippen molar-refractivity contribution in [1.29, 1.82) is 0 Å². The molecule has 0 aliphatic heterocycles. The van der Waals surface area contributed by atoms with Gasteiger partial charge < -0.3 is 10.1 Å². The highest BCUT2D eigenvalue weighted by Crippen LogP contribution is 2.28. The van der Waals surface area contributed by atoms with Gasteiger partial charge in [-0.05, 0) is 43.7 Å². The van der Waals surface area contributed by atoms with Crippen molar-refractivity contribution in [3.63, 3.8) is 0 Å². The Morgan fingerprint density at radius 3 is 2.50 bits per heavy atom. The number of rotatable bonds is 5. The highest BCUT2D eigenvalue weighted by molar-refractivity contribution is 5.29. The standard InChI is InChI=1S/C17H26N2O/c1-17(2,3)15-9-12(11-18-13-7-8-13)10-16(19-15)20-14-5-4-6-14/h9-10,13-14,18H,4-8,11H2,1-3H3. The van der Waals surface area contributed by atoms with E-state index in [1.54, 1.807) is 0 Å². The van der Waals surface area contributed by atoms with Crippen LogP contribution in [0.2, 0.25) is 0 Å². The Kier molecular flexibility index (Phi) is 3.72. The van der Waals surface area contributed by atoms with E-state index in [0.29, 0.717) is 6.10 Å². The van der Waals surface area contributed by atoms with E-state index in [9.17, 15) is 0 Å². The first kappa shape index (κ1) is 13.9. The number of pyridine rings is 1. The van der Waals surface area contributed by atoms with Crippen molar-refractivity contribution in [2.75, 3.05) is 0 Å². The first-order valence-corrected chi connectivity index (χ1v) is 7.92. The third-order valence-electron chi connectivity index (χ3n) is 4.14. The summed E-state index contributed by atoms with van der Waals surface area (Å²) in [6.45, 7) is 7.55. The van der Waals surface area contributed by atoms with Gasteiger partial charge in [-0.2, -0.15) is 0 Å². The van der Waals surface area contributed by atoms with E-state index in [0.717, 1.165) is 24.2 Å². The van der Waals surface area contributed by atoms with Crippen molar-refractivity contribution in [3.05, 3.63) is 23.4 Å². The van der Waals surface area contributed by atoms with Gasteiger partial charge in [0.25, 0.3) is 0 Å². The molecule has 0 unspecified atom stereocenters. The second kappa shape index (κ2) is 5.36. The Balaban J connectivity index is 1.77. The normalized spacial score (nSPS) is 19.8. The molecule has 2 aliphatic rings. The Morgan fingerprint density at radius 1 is 1.20 bits per heavy atom. The minimum Gasteiger partial charge on any atom is -0.474 e. The van der Waals surface area contributed by atoms with Crippen molar-refractivity contribution in [1.82, 2.24) is 10.3 Å². The lowest BCUT2D eigenvalue weighted by Crippen LogP contribution is -2.26. The van der Waals surface area contributed by atoms with Gasteiger partial charge in [-0.1, -0.05) is 20.8 Å². The molecule has 3 nitrogen and oxygen atoms in total. The van der Waals surface area contributed by atoms with E-state index >= 15 is 0 Å². The summed E-state index contributed by atoms with van der Waals surface area (Å²) in [6.07, 6.45) is 6.68. The predicted octanol–water partition coefficient (Wildman–Crippen LogP) is 3.56. The molecule has 1 heterocycles. The molecule has 3 rings (SSSR count). The Morgan fingerprint density at radius 2 is 1.95 bits per heavy atom. The minimum atomic E-state index is 0.0628. The second-order valence-corrected chi connectivity index (χ2v) is 7.27. The third kappa shape index (κ3) is 3.51. The zero-order chi connectivity index (χ0) is 14.2. The number of hydrogen-bond acceptors (Lipinski definition) is 3. The lowest BCUT2D eigenvalue weighted by Gasteiger charge is -2.27. The largest absolute Gasteiger partial charge is 0.474 e. The van der Waals surface area contributed by atoms with Crippen LogP contribution >= 0.6 is 0 Å². The zero-order valence-corrected chi connectivity index (χ0v) is 12.9. The molecule has 2 fully saturated rings. The molecule has 0 saturated heterocycles. The maximum atomic E-state index is 6.01. The molecule has 110 valence electrons. The van der Waals surface area contributed by atoms with Gasteiger partial charge in [0.1, 0.15) is 6.10 Å². The van der Waals surface area contributed by atoms with Crippen molar-refractivity contribution in [2.24, 2.45) is 0 Å². The summed E-state index contributed by atoms with van der Waals surface area (Å²) in [5, 5.41) is 3.58. The molecule has 2 aliphatic carbocycles. The van der Waals surface area contributed by atoms with E-state index in [1.807, 2.05) is 0 Å². The number of ether oxygens (including phenoxy) is 1. The molecule has 0 spiro atoms. The van der Waals surface area contributed by atoms with E-state index in [2.05, 4.69) is 38.2 Å². The fraction of sp³-hybridized carbons (Fsp3) is 0.706. The van der Waals surface area contributed by atoms with Crippen LogP contribution < -0.4 is 10.1 Å². The molecule has 1 aromatic rings. The molecule has 1 N–H and O–H groups in total. The molecule has 3 heteroatoms. The average Bonchev–Trinajstić information content (AvgIpc) is 3.14. The molecule has 20 heavy (non-hydrogen) atoms. The molecule has 0 atom stereocenters. The first-order chi connectivity index (χ1) is 9.50. The molecule has 0 radical (unpaired) electrons. The zero-order valence-electron chi connectivity index (χ0n) is 12.9. The number of nitrogens with one attached hydrogen (secondary N) is 1. The predicted molar refractivity (Wildman–Crippen MR) is 81.1 cm³/mol. The summed E-state index contributed by atoms with van der Waals surface area (Å²) < 4.78 is 6.01. The Labute approximate surface area is 122 Å². The molecular weight excluding hydrogens is 248 g/mol. The van der Waals surface area contributed by atoms with E-state index in [1.165, 1.54) is 37.7 Å². The van der Waals surface area contributed by atoms with Crippen LogP contribution in [0.4, 0.5) is 0 Å². The van der Waals surface area contributed by atoms with Crippen LogP contribution in [-0.4, -0.2) is 17.1 Å². The molecule has 1 aromatic heterocycles. The summed E-state index contributed by atoms with van der Waals surface area (Å²) in [5.74, 6) is 0.815. The average molecular weight is 274 g/mol. The van der Waals surface area contributed by atoms with Gasteiger partial charge in [-0.3, -0.25) is 0 Å². The van der Waals surface area contributed by atoms with Gasteiger partial charge in [0, 0.05) is 24.1 Å². The highest BCUT2D eigenvalue weighted by Gasteiger charge is 2.23. The SMILES string of the molecule is CC(C)(C)c1cc(CNC2CC2)cc(OC2CCC2)n1. The smallest absolute Gasteiger partial charge is 0.214 e. The van der Waals surface area contributed by atoms with Crippen molar-refractivity contribution >= 4 is 0 Å². The number of hydrogen-bond donors (Lipinski definition) is 1. The fourth-order valence-corrected chi connectivity index (χ4v) is 2.31. The quantitative estimate of drug-likeness (QED) is 0.891. The van der Waals surface area contributed by atoms with Crippen LogP contribution in [0.3, 0.4) is 0 Å². The first-order valence-electron chi connectivity index (χ1n) is 7.92. The van der Waals surface area contributed by atoms with Crippen LogP contribution in [0, 0.1) is 0 Å². The lowest BCUT2D eigenvalue weighted by atomic mass is 9.90. The fourth-order valence-electron chi connectivity index (χ4n) is 2.31. The Hall–Kier alpha value is -1.09. The van der Waals surface area contributed by atoms with Crippen molar-refractivity contribution in [3.8, 4) is 5.88 Å². The maximum absolute atomic E-state index is 6.01. The van der Waals surface area contributed by atoms with Crippen molar-refractivity contribution in [2.45, 2.75) is 77.0 Å². The number of nitrogens with zero attached hydrogens (tertiary/aromatic N) is 1. The summed E-state index contributed by atoms with van der Waals surface area (Å²) in [4.78, 5) is 4.72. The summed E-state index contributed by atoms with van der Waals surface area (Å²) in [6, 6.07) is 5.07. The lowest BCUT2D eigenvalue weighted by molar-refractivity contribution is 0.114. The van der Waals surface area contributed by atoms with E-state index in [-0.39, 0.29) is 5.41 Å². The van der Waals surface area contributed by atoms with Gasteiger partial charge in [-0.25, -0.2) is 4.98 Å². The molecule has 0 aromatic carbocycles. The molecular formula is C17H26N2O. The third-order valence-corrected chi connectivity index (χ3v) is 4.14. The topological polar surface area (TPSA) is 34.1 Å². The summed E-state index contributed by atoms with van der Waals surface area (Å²) in [7, 11) is 0. The van der Waals surface area contributed by atoms with Crippen LogP contribution in [0.25, 0.3) is 0 Å². The van der Waals surface area contributed by atoms with Gasteiger partial charge >= 0.3 is 0 Å². The maximum Gasteiger partial charge on any atom is 0.214 e. The molecule has 2 saturated carbocycles. The van der Waals surface area contributed by atoms with E-state index < -0.39 is 0 Å². The van der Waals surface area contributed by atoms with Gasteiger partial charge in [0.15, 0.2) is 0 Å². The van der Waals surface area contributed by atoms with Gasteiger partial charge in [-0.15, -0.1) is 0 Å². The highest BCUT2D eigenvalue weighted by atomic mass is 16.5. The van der Waals surface area contributed by atoms with Crippen LogP contribution in [0.15, 0.2) is 12.1 Å². The monoisotopic (exact) mass is 274 g/mol. The molecule has 0 bridgehead atoms. The van der Waals surface area contributed by atoms with E-state index in [4.69, 9.17) is 9.72 Å². The van der Waals surface area contributed by atoms with Gasteiger partial charge in [0.2, 0.25) is 5.88 Å². The van der Waals surface area contributed by atoms with Gasteiger partial charge in [0.05, 0.1) is 5.69 Å². The molecule has 0 amide bonds. The minimum absolute atomic E-state index is 0.0628. The van der Waals surface area contributed by atoms with Crippen LogP contribution in [0.5, 0.6) is 5.88 Å². The van der Waals surface area contributed by atoms with Crippen LogP contribution in [-0.2, 0) is 12.0 Å².